The van der Waals surface area contributed by atoms with Crippen molar-refractivity contribution in [1.82, 2.24) is 5.32 Å². The van der Waals surface area contributed by atoms with Crippen molar-refractivity contribution in [1.29, 1.82) is 0 Å². The largest absolute Gasteiger partial charge is 0.466 e. The van der Waals surface area contributed by atoms with Crippen LogP contribution in [0.1, 0.15) is 328 Å². The minimum Gasteiger partial charge on any atom is -0.466 e. The van der Waals surface area contributed by atoms with Gasteiger partial charge in [0.15, 0.2) is 0 Å². The molecule has 0 aromatic carbocycles. The highest BCUT2D eigenvalue weighted by Crippen LogP contribution is 2.17. The van der Waals surface area contributed by atoms with Crippen LogP contribution in [0.5, 0.6) is 0 Å². The lowest BCUT2D eigenvalue weighted by atomic mass is 10.0. The molecule has 2 atom stereocenters. The maximum absolute atomic E-state index is 12.5. The van der Waals surface area contributed by atoms with Crippen LogP contribution in [0, 0.1) is 0 Å². The molecule has 0 rings (SSSR count). The smallest absolute Gasteiger partial charge is 0.305 e. The molecular weight excluding hydrogens is 899 g/mol. The minimum atomic E-state index is -0.883. The van der Waals surface area contributed by atoms with Gasteiger partial charge in [0.25, 0.3) is 0 Å². The summed E-state index contributed by atoms with van der Waals surface area (Å²) in [4.78, 5) is 24.6. The summed E-state index contributed by atoms with van der Waals surface area (Å²) in [5, 5.41) is 23.1. The van der Waals surface area contributed by atoms with Crippen molar-refractivity contribution in [2.45, 2.75) is 341 Å². The maximum Gasteiger partial charge on any atom is 0.305 e. The molecule has 0 aliphatic heterocycles. The lowest BCUT2D eigenvalue weighted by Gasteiger charge is -2.19. The predicted octanol–water partition coefficient (Wildman–Crippen LogP) is 20.3. The molecule has 0 spiro atoms. The fraction of sp³-hybridized carbons (Fsp3) is 0.821. The first-order chi connectivity index (χ1) is 36.0. The van der Waals surface area contributed by atoms with E-state index < -0.39 is 12.1 Å². The Bertz CT molecular complexity index is 1270. The number of nitrogens with one attached hydrogen (secondary N) is 1. The van der Waals surface area contributed by atoms with Gasteiger partial charge in [0.2, 0.25) is 5.91 Å². The third kappa shape index (κ3) is 58.7. The molecule has 0 aromatic heterocycles. The van der Waals surface area contributed by atoms with Crippen LogP contribution in [0.15, 0.2) is 60.8 Å². The molecule has 426 valence electrons. The summed E-state index contributed by atoms with van der Waals surface area (Å²) in [5.74, 6) is -0.173. The number of esters is 1. The van der Waals surface area contributed by atoms with E-state index >= 15 is 0 Å². The van der Waals surface area contributed by atoms with Crippen LogP contribution in [0.3, 0.4) is 0 Å². The summed E-state index contributed by atoms with van der Waals surface area (Å²) in [6, 6.07) is -0.675. The summed E-state index contributed by atoms with van der Waals surface area (Å²) >= 11 is 0. The van der Waals surface area contributed by atoms with Gasteiger partial charge >= 0.3 is 5.97 Å². The molecule has 0 aliphatic rings. The Balaban J connectivity index is 3.56. The fourth-order valence-electron chi connectivity index (χ4n) is 9.60. The van der Waals surface area contributed by atoms with Crippen molar-refractivity contribution < 1.29 is 24.5 Å². The zero-order valence-corrected chi connectivity index (χ0v) is 48.6. The number of amides is 1. The first-order valence-electron chi connectivity index (χ1n) is 32.1. The monoisotopic (exact) mass is 1020 g/mol. The molecule has 0 aliphatic carbocycles. The number of rotatable bonds is 59. The molecule has 0 radical (unpaired) electrons. The van der Waals surface area contributed by atoms with Crippen LogP contribution in [0.25, 0.3) is 0 Å². The zero-order chi connectivity index (χ0) is 52.9. The summed E-state index contributed by atoms with van der Waals surface area (Å²) < 4.78 is 5.47. The lowest BCUT2D eigenvalue weighted by molar-refractivity contribution is -0.143. The van der Waals surface area contributed by atoms with Crippen LogP contribution in [0.2, 0.25) is 0 Å². The molecular formula is C67H123NO5. The SMILES string of the molecule is CCCCCC/C=C\C/C=C\CCCCCCCCCC(=O)OCCCCCCCC/C=C\C/C=C\CCC(=O)NC(CO)C(O)/C=C/CCCCCCCCCCCCCCCCCCCCCCCCC. The molecule has 0 heterocycles. The van der Waals surface area contributed by atoms with Gasteiger partial charge in [-0.1, -0.05) is 293 Å². The first kappa shape index (κ1) is 70.6. The van der Waals surface area contributed by atoms with Crippen LogP contribution >= 0.6 is 0 Å². The van der Waals surface area contributed by atoms with Gasteiger partial charge in [0.1, 0.15) is 0 Å². The van der Waals surface area contributed by atoms with Gasteiger partial charge in [-0.15, -0.1) is 0 Å². The second kappa shape index (κ2) is 62.1. The number of unbranched alkanes of at least 4 members (excludes halogenated alkanes) is 40. The molecule has 73 heavy (non-hydrogen) atoms. The third-order valence-corrected chi connectivity index (χ3v) is 14.5. The van der Waals surface area contributed by atoms with Crippen molar-refractivity contribution in [2.24, 2.45) is 0 Å². The zero-order valence-electron chi connectivity index (χ0n) is 48.6. The predicted molar refractivity (Wildman–Crippen MR) is 319 cm³/mol. The second-order valence-corrected chi connectivity index (χ2v) is 21.7. The molecule has 2 unspecified atom stereocenters. The van der Waals surface area contributed by atoms with Gasteiger partial charge < -0.3 is 20.3 Å². The fourth-order valence-corrected chi connectivity index (χ4v) is 9.60. The highest BCUT2D eigenvalue weighted by molar-refractivity contribution is 5.76. The average molecular weight is 1020 g/mol. The van der Waals surface area contributed by atoms with Crippen molar-refractivity contribution in [3.63, 3.8) is 0 Å². The number of hydrogen-bond donors (Lipinski definition) is 3. The van der Waals surface area contributed by atoms with Crippen LogP contribution in [0.4, 0.5) is 0 Å². The van der Waals surface area contributed by atoms with Crippen molar-refractivity contribution in [3.05, 3.63) is 60.8 Å². The van der Waals surface area contributed by atoms with E-state index in [0.717, 1.165) is 57.8 Å². The van der Waals surface area contributed by atoms with E-state index in [-0.39, 0.29) is 18.5 Å². The molecule has 0 saturated heterocycles. The maximum atomic E-state index is 12.5. The summed E-state index contributed by atoms with van der Waals surface area (Å²) in [6.07, 6.45) is 81.3. The average Bonchev–Trinajstić information content (AvgIpc) is 3.39. The number of allylic oxidation sites excluding steroid dienone is 9. The van der Waals surface area contributed by atoms with Gasteiger partial charge in [-0.05, 0) is 83.5 Å². The van der Waals surface area contributed by atoms with E-state index in [4.69, 9.17) is 4.74 Å². The minimum absolute atomic E-state index is 0.0258. The van der Waals surface area contributed by atoms with E-state index in [1.54, 1.807) is 6.08 Å². The number of carbonyl (C=O) groups is 2. The van der Waals surface area contributed by atoms with Gasteiger partial charge in [-0.3, -0.25) is 9.59 Å². The van der Waals surface area contributed by atoms with Crippen molar-refractivity contribution >= 4 is 11.9 Å². The number of ether oxygens (including phenoxy) is 1. The van der Waals surface area contributed by atoms with Crippen molar-refractivity contribution in [2.75, 3.05) is 13.2 Å². The topological polar surface area (TPSA) is 95.9 Å². The second-order valence-electron chi connectivity index (χ2n) is 21.7. The van der Waals surface area contributed by atoms with Gasteiger partial charge in [0, 0.05) is 12.8 Å². The van der Waals surface area contributed by atoms with Gasteiger partial charge in [-0.25, -0.2) is 0 Å². The van der Waals surface area contributed by atoms with Crippen LogP contribution in [-0.4, -0.2) is 47.4 Å². The Morgan fingerprint density at radius 3 is 1.08 bits per heavy atom. The lowest BCUT2D eigenvalue weighted by Crippen LogP contribution is -2.45. The first-order valence-corrected chi connectivity index (χ1v) is 32.1. The summed E-state index contributed by atoms with van der Waals surface area (Å²) in [7, 11) is 0. The highest BCUT2D eigenvalue weighted by Gasteiger charge is 2.17. The molecule has 6 nitrogen and oxygen atoms in total. The molecule has 1 amide bonds. The van der Waals surface area contributed by atoms with Crippen molar-refractivity contribution in [3.8, 4) is 0 Å². The van der Waals surface area contributed by atoms with Gasteiger partial charge in [-0.2, -0.15) is 0 Å². The Morgan fingerprint density at radius 2 is 0.699 bits per heavy atom. The summed E-state index contributed by atoms with van der Waals surface area (Å²) in [6.45, 7) is 4.83. The van der Waals surface area contributed by atoms with Crippen LogP contribution < -0.4 is 5.32 Å². The Morgan fingerprint density at radius 1 is 0.384 bits per heavy atom. The molecule has 6 heteroatoms. The highest BCUT2D eigenvalue weighted by atomic mass is 16.5. The van der Waals surface area contributed by atoms with E-state index in [2.05, 4.69) is 61.7 Å². The van der Waals surface area contributed by atoms with E-state index in [1.807, 2.05) is 12.2 Å². The van der Waals surface area contributed by atoms with Crippen LogP contribution in [-0.2, 0) is 14.3 Å². The van der Waals surface area contributed by atoms with E-state index in [9.17, 15) is 19.8 Å². The number of aliphatic hydroxyl groups excluding tert-OH is 2. The quantitative estimate of drug-likeness (QED) is 0.0320. The third-order valence-electron chi connectivity index (χ3n) is 14.5. The van der Waals surface area contributed by atoms with E-state index in [1.165, 1.54) is 238 Å². The normalized spacial score (nSPS) is 13.0. The Labute approximate surface area is 454 Å². The number of hydrogen-bond acceptors (Lipinski definition) is 5. The Kier molecular flexibility index (Phi) is 60.0. The standard InChI is InChI=1S/C67H123NO5/c1-3-5-7-9-11-13-15-17-19-21-23-24-25-26-27-28-29-30-32-35-39-43-47-51-55-59-65(70)64(63-69)68-66(71)60-56-52-48-44-40-36-34-38-42-46-50-54-58-62-73-67(72)61-57-53-49-45-41-37-33-31-22-20-18-16-14-12-10-8-6-4-2/h14,16,20,22,36,40,48,52,55,59,64-65,69-70H,3-13,15,17-19,21,23-35,37-39,41-47,49-51,53-54,56-58,60-63H2,1-2H3,(H,68,71)/b16-14-,22-20-,40-36-,52-48-,59-55+. The summed E-state index contributed by atoms with van der Waals surface area (Å²) in [5.41, 5.74) is 0. The molecule has 0 bridgehead atoms. The molecule has 0 aromatic rings. The Hall–Kier alpha value is -2.44. The van der Waals surface area contributed by atoms with E-state index in [0.29, 0.717) is 25.9 Å². The molecule has 3 N–H and O–H groups in total. The number of carbonyl (C=O) groups excluding carboxylic acids is 2. The van der Waals surface area contributed by atoms with Gasteiger partial charge in [0.05, 0.1) is 25.4 Å². The molecule has 0 saturated carbocycles. The number of aliphatic hydroxyl groups is 2. The molecule has 0 fully saturated rings.